The lowest BCUT2D eigenvalue weighted by molar-refractivity contribution is -0.150. The molecule has 1 aliphatic carbocycles. The molecule has 0 aromatic carbocycles. The van der Waals surface area contributed by atoms with E-state index in [1.807, 2.05) is 0 Å². The Labute approximate surface area is 76.3 Å². The van der Waals surface area contributed by atoms with Crippen LogP contribution in [0.4, 0.5) is 4.39 Å². The molecule has 0 aromatic heterocycles. The quantitative estimate of drug-likeness (QED) is 0.612. The molecule has 0 radical (unpaired) electrons. The normalized spacial score (nSPS) is 28.6. The van der Waals surface area contributed by atoms with Crippen LogP contribution in [0.25, 0.3) is 0 Å². The first-order chi connectivity index (χ1) is 6.15. The molecule has 1 rings (SSSR count). The zero-order valence-electron chi connectivity index (χ0n) is 7.59. The Morgan fingerprint density at radius 1 is 1.69 bits per heavy atom. The standard InChI is InChI=1S/C9H13FO3/c1-2-13-9(12)6-3-4-8(11)7(10)5-6/h6-7H,2-5H2,1H3. The summed E-state index contributed by atoms with van der Waals surface area (Å²) in [6, 6.07) is 0. The van der Waals surface area contributed by atoms with E-state index >= 15 is 0 Å². The number of hydrogen-bond donors (Lipinski definition) is 0. The smallest absolute Gasteiger partial charge is 0.309 e. The molecule has 13 heavy (non-hydrogen) atoms. The Hall–Kier alpha value is -0.930. The molecule has 1 aliphatic rings. The third-order valence-corrected chi connectivity index (χ3v) is 2.20. The summed E-state index contributed by atoms with van der Waals surface area (Å²) in [7, 11) is 0. The number of halogens is 1. The van der Waals surface area contributed by atoms with Gasteiger partial charge in [0.15, 0.2) is 12.0 Å². The molecule has 1 saturated carbocycles. The van der Waals surface area contributed by atoms with Gasteiger partial charge >= 0.3 is 5.97 Å². The highest BCUT2D eigenvalue weighted by molar-refractivity contribution is 5.86. The molecular formula is C9H13FO3. The van der Waals surface area contributed by atoms with Crippen molar-refractivity contribution < 1.29 is 18.7 Å². The highest BCUT2D eigenvalue weighted by atomic mass is 19.1. The maximum absolute atomic E-state index is 12.9. The Balaban J connectivity index is 2.45. The zero-order valence-corrected chi connectivity index (χ0v) is 7.59. The van der Waals surface area contributed by atoms with Gasteiger partial charge in [0.1, 0.15) is 0 Å². The molecule has 0 aromatic rings. The van der Waals surface area contributed by atoms with Crippen LogP contribution in [0.1, 0.15) is 26.2 Å². The van der Waals surface area contributed by atoms with Crippen molar-refractivity contribution in [3.8, 4) is 0 Å². The summed E-state index contributed by atoms with van der Waals surface area (Å²) in [6.07, 6.45) is -0.886. The highest BCUT2D eigenvalue weighted by Crippen LogP contribution is 2.24. The number of carbonyl (C=O) groups is 2. The van der Waals surface area contributed by atoms with Crippen molar-refractivity contribution in [3.63, 3.8) is 0 Å². The monoisotopic (exact) mass is 188 g/mol. The van der Waals surface area contributed by atoms with Crippen LogP contribution >= 0.6 is 0 Å². The Kier molecular flexibility index (Phi) is 3.39. The second kappa shape index (κ2) is 4.35. The second-order valence-electron chi connectivity index (χ2n) is 3.16. The van der Waals surface area contributed by atoms with Gasteiger partial charge in [0, 0.05) is 6.42 Å². The third kappa shape index (κ3) is 2.50. The molecule has 0 aliphatic heterocycles. The molecular weight excluding hydrogens is 175 g/mol. The lowest BCUT2D eigenvalue weighted by Crippen LogP contribution is -2.31. The van der Waals surface area contributed by atoms with Gasteiger partial charge < -0.3 is 4.74 Å². The lowest BCUT2D eigenvalue weighted by atomic mass is 9.87. The van der Waals surface area contributed by atoms with Crippen LogP contribution < -0.4 is 0 Å². The molecule has 0 amide bonds. The number of ketones is 1. The zero-order chi connectivity index (χ0) is 9.84. The van der Waals surface area contributed by atoms with Crippen LogP contribution in [0.15, 0.2) is 0 Å². The topological polar surface area (TPSA) is 43.4 Å². The van der Waals surface area contributed by atoms with Gasteiger partial charge in [-0.3, -0.25) is 9.59 Å². The fourth-order valence-corrected chi connectivity index (χ4v) is 1.45. The number of esters is 1. The van der Waals surface area contributed by atoms with Crippen LogP contribution in [0.2, 0.25) is 0 Å². The maximum Gasteiger partial charge on any atom is 0.309 e. The van der Waals surface area contributed by atoms with E-state index in [0.29, 0.717) is 13.0 Å². The van der Waals surface area contributed by atoms with E-state index in [1.54, 1.807) is 6.92 Å². The molecule has 1 fully saturated rings. The predicted molar refractivity (Wildman–Crippen MR) is 43.9 cm³/mol. The Bertz CT molecular complexity index is 215. The molecule has 0 saturated heterocycles. The van der Waals surface area contributed by atoms with Gasteiger partial charge in [-0.2, -0.15) is 0 Å². The van der Waals surface area contributed by atoms with Gasteiger partial charge in [-0.25, -0.2) is 4.39 Å². The summed E-state index contributed by atoms with van der Waals surface area (Å²) in [5.74, 6) is -1.19. The summed E-state index contributed by atoms with van der Waals surface area (Å²) in [6.45, 7) is 2.01. The molecule has 0 bridgehead atoms. The van der Waals surface area contributed by atoms with E-state index in [1.165, 1.54) is 0 Å². The van der Waals surface area contributed by atoms with Crippen LogP contribution in [0.3, 0.4) is 0 Å². The number of hydrogen-bond acceptors (Lipinski definition) is 3. The Morgan fingerprint density at radius 2 is 2.38 bits per heavy atom. The van der Waals surface area contributed by atoms with Crippen LogP contribution in [-0.2, 0) is 14.3 Å². The van der Waals surface area contributed by atoms with E-state index in [4.69, 9.17) is 4.74 Å². The summed E-state index contributed by atoms with van der Waals surface area (Å²) < 4.78 is 17.6. The fourth-order valence-electron chi connectivity index (χ4n) is 1.45. The Morgan fingerprint density at radius 3 is 2.92 bits per heavy atom. The predicted octanol–water partition coefficient (Wildman–Crippen LogP) is 1.26. The molecule has 0 N–H and O–H groups in total. The molecule has 0 heterocycles. The summed E-state index contributed by atoms with van der Waals surface area (Å²) in [4.78, 5) is 21.9. The highest BCUT2D eigenvalue weighted by Gasteiger charge is 2.33. The molecule has 0 spiro atoms. The molecule has 74 valence electrons. The first kappa shape index (κ1) is 10.2. The minimum Gasteiger partial charge on any atom is -0.466 e. The van der Waals surface area contributed by atoms with E-state index in [-0.39, 0.29) is 24.6 Å². The van der Waals surface area contributed by atoms with Crippen molar-refractivity contribution in [1.82, 2.24) is 0 Å². The van der Waals surface area contributed by atoms with Crippen molar-refractivity contribution >= 4 is 11.8 Å². The minimum atomic E-state index is -1.47. The van der Waals surface area contributed by atoms with E-state index < -0.39 is 12.1 Å². The fraction of sp³-hybridized carbons (Fsp3) is 0.778. The lowest BCUT2D eigenvalue weighted by Gasteiger charge is -2.21. The van der Waals surface area contributed by atoms with Crippen molar-refractivity contribution in [2.75, 3.05) is 6.61 Å². The first-order valence-corrected chi connectivity index (χ1v) is 4.48. The molecule has 3 nitrogen and oxygen atoms in total. The van der Waals surface area contributed by atoms with Crippen molar-refractivity contribution in [2.45, 2.75) is 32.4 Å². The van der Waals surface area contributed by atoms with Gasteiger partial charge in [-0.15, -0.1) is 0 Å². The molecule has 4 heteroatoms. The maximum atomic E-state index is 12.9. The number of Topliss-reactive ketones (excluding diaryl/α,β-unsaturated/α-hetero) is 1. The van der Waals surface area contributed by atoms with Crippen LogP contribution in [0.5, 0.6) is 0 Å². The first-order valence-electron chi connectivity index (χ1n) is 4.48. The summed E-state index contributed by atoms with van der Waals surface area (Å²) >= 11 is 0. The average molecular weight is 188 g/mol. The van der Waals surface area contributed by atoms with E-state index in [0.717, 1.165) is 0 Å². The second-order valence-corrected chi connectivity index (χ2v) is 3.16. The van der Waals surface area contributed by atoms with Crippen molar-refractivity contribution in [1.29, 1.82) is 0 Å². The van der Waals surface area contributed by atoms with Gasteiger partial charge in [-0.1, -0.05) is 0 Å². The molecule has 2 atom stereocenters. The summed E-state index contributed by atoms with van der Waals surface area (Å²) in [5, 5.41) is 0. The number of ether oxygens (including phenoxy) is 1. The third-order valence-electron chi connectivity index (χ3n) is 2.20. The van der Waals surface area contributed by atoms with Crippen LogP contribution in [0, 0.1) is 5.92 Å². The summed E-state index contributed by atoms with van der Waals surface area (Å²) in [5.41, 5.74) is 0. The van der Waals surface area contributed by atoms with E-state index in [9.17, 15) is 14.0 Å². The van der Waals surface area contributed by atoms with Crippen molar-refractivity contribution in [3.05, 3.63) is 0 Å². The van der Waals surface area contributed by atoms with Gasteiger partial charge in [0.25, 0.3) is 0 Å². The largest absolute Gasteiger partial charge is 0.466 e. The van der Waals surface area contributed by atoms with Crippen molar-refractivity contribution in [2.24, 2.45) is 5.92 Å². The molecule has 2 unspecified atom stereocenters. The number of carbonyl (C=O) groups excluding carboxylic acids is 2. The average Bonchev–Trinajstić information content (AvgIpc) is 2.10. The van der Waals surface area contributed by atoms with Gasteiger partial charge in [-0.05, 0) is 19.8 Å². The minimum absolute atomic E-state index is 0.00231. The van der Waals surface area contributed by atoms with Gasteiger partial charge in [0.05, 0.1) is 12.5 Å². The van der Waals surface area contributed by atoms with Crippen LogP contribution in [-0.4, -0.2) is 24.5 Å². The van der Waals surface area contributed by atoms with E-state index in [2.05, 4.69) is 0 Å². The number of rotatable bonds is 2. The van der Waals surface area contributed by atoms with Gasteiger partial charge in [0.2, 0.25) is 0 Å². The SMILES string of the molecule is CCOC(=O)C1CCC(=O)C(F)C1. The number of alkyl halides is 1.